The molecule has 62 heavy (non-hydrogen) atoms. The van der Waals surface area contributed by atoms with E-state index >= 15 is 0 Å². The molecule has 3 aromatic carbocycles. The van der Waals surface area contributed by atoms with Crippen molar-refractivity contribution in [3.63, 3.8) is 0 Å². The molecule has 3 heterocycles. The van der Waals surface area contributed by atoms with Gasteiger partial charge in [0.15, 0.2) is 0 Å². The Morgan fingerprint density at radius 1 is 0.581 bits per heavy atom. The summed E-state index contributed by atoms with van der Waals surface area (Å²) < 4.78 is 10.4. The lowest BCUT2D eigenvalue weighted by molar-refractivity contribution is -0.139. The predicted octanol–water partition coefficient (Wildman–Crippen LogP) is 7.15. The lowest BCUT2D eigenvalue weighted by Crippen LogP contribution is -2.54. The summed E-state index contributed by atoms with van der Waals surface area (Å²) in [6.45, 7) is 8.20. The molecule has 3 fully saturated rings. The molecular weight excluding hydrogens is 858 g/mol. The average molecular weight is 917 g/mol. The standard InChI is InChI=1S/C46H58BrN7O8/c1-27(2)39(50-45(59)61-5)43(57)52-25-7-9-37(52)41(55)48-32-17-11-29(12-18-32)35-23-24-36(54(35)34-21-15-31(47)16-22-34)30-13-19-33(20-14-30)49-42(56)38-10-8-26-53(38)44(58)40(28(3)4)51-46(60)62-6/h11-22,27-28,35-40H,7-10,23-26H2,1-6H3,(H,48,55)(H,49,56)(H,50,59)(H,51,60)/t35-,36-,37+,38+,39+,40+/m1/s1. The molecule has 15 nitrogen and oxygen atoms in total. The molecule has 0 unspecified atom stereocenters. The molecule has 3 saturated heterocycles. The molecule has 3 aliphatic rings. The average Bonchev–Trinajstić information content (AvgIpc) is 4.06. The third-order valence-electron chi connectivity index (χ3n) is 12.1. The van der Waals surface area contributed by atoms with Crippen LogP contribution in [0.4, 0.5) is 26.7 Å². The molecule has 332 valence electrons. The fourth-order valence-corrected chi connectivity index (χ4v) is 9.09. The number of nitrogens with zero attached hydrogens (tertiary/aromatic N) is 3. The smallest absolute Gasteiger partial charge is 0.407 e. The first kappa shape index (κ1) is 45.9. The van der Waals surface area contributed by atoms with E-state index in [-0.39, 0.29) is 47.5 Å². The Labute approximate surface area is 371 Å². The third-order valence-corrected chi connectivity index (χ3v) is 12.6. The number of alkyl carbamates (subject to hydrolysis) is 2. The second kappa shape index (κ2) is 20.5. The van der Waals surface area contributed by atoms with E-state index in [9.17, 15) is 28.8 Å². The fraction of sp³-hybridized carbons (Fsp3) is 0.478. The minimum atomic E-state index is -0.813. The highest BCUT2D eigenvalue weighted by atomic mass is 79.9. The van der Waals surface area contributed by atoms with Gasteiger partial charge in [0.05, 0.1) is 26.3 Å². The van der Waals surface area contributed by atoms with E-state index in [1.807, 2.05) is 88.4 Å². The number of hydrogen-bond acceptors (Lipinski definition) is 9. The van der Waals surface area contributed by atoms with Crippen LogP contribution in [-0.4, -0.2) is 97.1 Å². The quantitative estimate of drug-likeness (QED) is 0.139. The maximum absolute atomic E-state index is 13.6. The minimum absolute atomic E-state index is 0.0257. The van der Waals surface area contributed by atoms with Crippen molar-refractivity contribution >= 4 is 68.8 Å². The number of carbonyl (C=O) groups excluding carboxylic acids is 6. The van der Waals surface area contributed by atoms with Crippen LogP contribution in [0.1, 0.15) is 89.4 Å². The van der Waals surface area contributed by atoms with Crippen molar-refractivity contribution in [3.05, 3.63) is 88.4 Å². The summed E-state index contributed by atoms with van der Waals surface area (Å²) in [7, 11) is 2.50. The summed E-state index contributed by atoms with van der Waals surface area (Å²) in [6.07, 6.45) is 2.75. The molecule has 0 radical (unpaired) electrons. The van der Waals surface area contributed by atoms with E-state index in [2.05, 4.69) is 54.2 Å². The first-order valence-electron chi connectivity index (χ1n) is 21.4. The summed E-state index contributed by atoms with van der Waals surface area (Å²) in [5, 5.41) is 11.3. The number of amides is 6. The Bertz CT molecular complexity index is 1960. The van der Waals surface area contributed by atoms with Crippen LogP contribution in [0, 0.1) is 11.8 Å². The van der Waals surface area contributed by atoms with Crippen LogP contribution in [0.5, 0.6) is 0 Å². The summed E-state index contributed by atoms with van der Waals surface area (Å²) in [6, 6.07) is 21.1. The van der Waals surface area contributed by atoms with Gasteiger partial charge in [0, 0.05) is 34.6 Å². The normalized spacial score (nSPS) is 20.8. The molecule has 0 aromatic heterocycles. The van der Waals surface area contributed by atoms with Crippen molar-refractivity contribution in [1.29, 1.82) is 0 Å². The summed E-state index contributed by atoms with van der Waals surface area (Å²) in [4.78, 5) is 83.7. The molecule has 0 saturated carbocycles. The van der Waals surface area contributed by atoms with Gasteiger partial charge in [-0.15, -0.1) is 0 Å². The van der Waals surface area contributed by atoms with Crippen molar-refractivity contribution in [3.8, 4) is 0 Å². The lowest BCUT2D eigenvalue weighted by atomic mass is 10.0. The number of carbonyl (C=O) groups is 6. The zero-order valence-corrected chi connectivity index (χ0v) is 37.8. The molecular formula is C46H58BrN7O8. The summed E-state index contributed by atoms with van der Waals surface area (Å²) in [5.74, 6) is -1.56. The summed E-state index contributed by atoms with van der Waals surface area (Å²) in [5.41, 5.74) is 4.46. The third kappa shape index (κ3) is 10.5. The number of nitrogens with one attached hydrogen (secondary N) is 4. The van der Waals surface area contributed by atoms with Crippen molar-refractivity contribution in [2.75, 3.05) is 42.8 Å². The highest BCUT2D eigenvalue weighted by Gasteiger charge is 2.41. The number of anilines is 3. The Hall–Kier alpha value is -5.64. The van der Waals surface area contributed by atoms with E-state index in [4.69, 9.17) is 9.47 Å². The van der Waals surface area contributed by atoms with Gasteiger partial charge in [-0.25, -0.2) is 9.59 Å². The second-order valence-corrected chi connectivity index (χ2v) is 17.7. The van der Waals surface area contributed by atoms with Crippen LogP contribution in [0.15, 0.2) is 77.3 Å². The second-order valence-electron chi connectivity index (χ2n) is 16.8. The first-order chi connectivity index (χ1) is 29.7. The lowest BCUT2D eigenvalue weighted by Gasteiger charge is -2.33. The van der Waals surface area contributed by atoms with Crippen LogP contribution in [0.25, 0.3) is 0 Å². The number of ether oxygens (including phenoxy) is 2. The number of likely N-dealkylation sites (tertiary alicyclic amines) is 2. The maximum atomic E-state index is 13.6. The Morgan fingerprint density at radius 2 is 0.968 bits per heavy atom. The van der Waals surface area contributed by atoms with Gasteiger partial charge in [-0.2, -0.15) is 0 Å². The zero-order valence-electron chi connectivity index (χ0n) is 36.2. The highest BCUT2D eigenvalue weighted by Crippen LogP contribution is 2.47. The molecule has 16 heteroatoms. The van der Waals surface area contributed by atoms with Gasteiger partial charge in [-0.3, -0.25) is 19.2 Å². The van der Waals surface area contributed by atoms with E-state index in [0.717, 1.165) is 34.1 Å². The van der Waals surface area contributed by atoms with Gasteiger partial charge in [0.1, 0.15) is 24.2 Å². The summed E-state index contributed by atoms with van der Waals surface area (Å²) >= 11 is 3.58. The van der Waals surface area contributed by atoms with Gasteiger partial charge in [-0.1, -0.05) is 67.9 Å². The molecule has 6 rings (SSSR count). The first-order valence-corrected chi connectivity index (χ1v) is 22.2. The molecule has 0 bridgehead atoms. The van der Waals surface area contributed by atoms with E-state index < -0.39 is 36.4 Å². The molecule has 0 spiro atoms. The van der Waals surface area contributed by atoms with Crippen molar-refractivity contribution < 1.29 is 38.2 Å². The molecule has 6 atom stereocenters. The van der Waals surface area contributed by atoms with Gasteiger partial charge in [0.2, 0.25) is 23.6 Å². The van der Waals surface area contributed by atoms with Crippen LogP contribution >= 0.6 is 15.9 Å². The number of hydrogen-bond donors (Lipinski definition) is 4. The minimum Gasteiger partial charge on any atom is -0.453 e. The van der Waals surface area contributed by atoms with Crippen molar-refractivity contribution in [1.82, 2.24) is 20.4 Å². The number of methoxy groups -OCH3 is 2. The number of rotatable bonds is 13. The van der Waals surface area contributed by atoms with Gasteiger partial charge in [0.25, 0.3) is 0 Å². The van der Waals surface area contributed by atoms with Crippen molar-refractivity contribution in [2.24, 2.45) is 11.8 Å². The predicted molar refractivity (Wildman–Crippen MR) is 239 cm³/mol. The van der Waals surface area contributed by atoms with Crippen molar-refractivity contribution in [2.45, 2.75) is 102 Å². The Balaban J connectivity index is 1.13. The van der Waals surface area contributed by atoms with Crippen LogP contribution < -0.4 is 26.2 Å². The van der Waals surface area contributed by atoms with E-state index in [0.29, 0.717) is 50.1 Å². The van der Waals surface area contributed by atoms with Crippen LogP contribution in [0.3, 0.4) is 0 Å². The largest absolute Gasteiger partial charge is 0.453 e. The SMILES string of the molecule is COC(=O)N[C@H](C(=O)N1CCC[C@H]1C(=O)Nc1ccc([C@H]2CC[C@H](c3ccc(NC(=O)[C@@H]4CCCN4C(=O)[C@@H](NC(=O)OC)C(C)C)cc3)N2c2ccc(Br)cc2)cc1)C(C)C. The molecule has 0 aliphatic carbocycles. The molecule has 4 N–H and O–H groups in total. The van der Waals surface area contributed by atoms with Gasteiger partial charge in [-0.05, 0) is 110 Å². The van der Waals surface area contributed by atoms with Gasteiger partial charge >= 0.3 is 12.2 Å². The zero-order chi connectivity index (χ0) is 44.7. The monoisotopic (exact) mass is 915 g/mol. The van der Waals surface area contributed by atoms with E-state index in [1.165, 1.54) is 14.2 Å². The van der Waals surface area contributed by atoms with Gasteiger partial charge < -0.3 is 45.4 Å². The Kier molecular flexibility index (Phi) is 15.2. The number of halogens is 1. The van der Waals surface area contributed by atoms with Crippen LogP contribution in [-0.2, 0) is 28.7 Å². The van der Waals surface area contributed by atoms with Crippen LogP contribution in [0.2, 0.25) is 0 Å². The van der Waals surface area contributed by atoms with E-state index in [1.54, 1.807) is 9.80 Å². The molecule has 6 amide bonds. The topological polar surface area (TPSA) is 179 Å². The Morgan fingerprint density at radius 3 is 1.32 bits per heavy atom. The maximum Gasteiger partial charge on any atom is 0.407 e. The molecule has 3 aromatic rings. The number of benzene rings is 3. The highest BCUT2D eigenvalue weighted by molar-refractivity contribution is 9.10. The fourth-order valence-electron chi connectivity index (χ4n) is 8.83. The molecule has 3 aliphatic heterocycles.